The number of benzene rings is 1. The van der Waals surface area contributed by atoms with E-state index in [0.29, 0.717) is 5.02 Å². The van der Waals surface area contributed by atoms with Gasteiger partial charge in [0.15, 0.2) is 0 Å². The van der Waals surface area contributed by atoms with Gasteiger partial charge >= 0.3 is 0 Å². The van der Waals surface area contributed by atoms with Crippen molar-refractivity contribution in [2.75, 3.05) is 13.6 Å². The third-order valence-corrected chi connectivity index (χ3v) is 4.49. The normalized spacial score (nSPS) is 19.0. The number of hydrogen-bond donors (Lipinski definition) is 1. The molecule has 0 spiro atoms. The molecular weight excluding hydrogens is 270 g/mol. The lowest BCUT2D eigenvalue weighted by Gasteiger charge is -2.19. The maximum atomic E-state index is 9.96. The first-order chi connectivity index (χ1) is 9.65. The zero-order valence-electron chi connectivity index (χ0n) is 11.8. The number of likely N-dealkylation sites (N-methyl/N-ethyl adjacent to an activating group) is 1. The molecule has 1 heterocycles. The molecule has 0 unspecified atom stereocenters. The van der Waals surface area contributed by atoms with E-state index in [2.05, 4.69) is 24.2 Å². The van der Waals surface area contributed by atoms with Gasteiger partial charge in [0.25, 0.3) is 0 Å². The molecule has 106 valence electrons. The fraction of sp³-hybridized carbons (Fsp3) is 0.412. The average molecular weight is 290 g/mol. The zero-order chi connectivity index (χ0) is 14.1. The van der Waals surface area contributed by atoms with Crippen LogP contribution in [-0.2, 0) is 6.42 Å². The highest BCUT2D eigenvalue weighted by Gasteiger charge is 2.19. The predicted octanol–water partition coefficient (Wildman–Crippen LogP) is 4.37. The Morgan fingerprint density at radius 3 is 2.80 bits per heavy atom. The lowest BCUT2D eigenvalue weighted by atomic mass is 9.87. The van der Waals surface area contributed by atoms with E-state index >= 15 is 0 Å². The number of phenolic OH excluding ortho intramolecular Hbond substituents is 1. The lowest BCUT2D eigenvalue weighted by molar-refractivity contribution is 0.464. The van der Waals surface area contributed by atoms with Gasteiger partial charge in [-0.3, -0.25) is 0 Å². The maximum Gasteiger partial charge on any atom is 0.134 e. The molecule has 3 heteroatoms. The standard InChI is InChI=1S/C17H20ClNO/c1-19-8-7-13-9-16(18)17(20)10-14(13)15(11-19)12-5-3-2-4-6-12/h5,9-11,20H,2-4,6-8H2,1H3. The Hall–Kier alpha value is -1.41. The molecule has 0 aromatic heterocycles. The highest BCUT2D eigenvalue weighted by atomic mass is 35.5. The summed E-state index contributed by atoms with van der Waals surface area (Å²) in [6, 6.07) is 3.75. The minimum absolute atomic E-state index is 0.178. The van der Waals surface area contributed by atoms with Crippen LogP contribution in [0, 0.1) is 0 Å². The molecule has 1 N–H and O–H groups in total. The van der Waals surface area contributed by atoms with E-state index in [1.54, 1.807) is 0 Å². The van der Waals surface area contributed by atoms with Crippen LogP contribution < -0.4 is 0 Å². The molecule has 0 saturated carbocycles. The van der Waals surface area contributed by atoms with Gasteiger partial charge in [-0.05, 0) is 60.9 Å². The number of rotatable bonds is 1. The summed E-state index contributed by atoms with van der Waals surface area (Å²) in [5.74, 6) is 0.178. The molecule has 2 nitrogen and oxygen atoms in total. The second-order valence-electron chi connectivity index (χ2n) is 5.71. The van der Waals surface area contributed by atoms with Gasteiger partial charge in [-0.15, -0.1) is 0 Å². The lowest BCUT2D eigenvalue weighted by Crippen LogP contribution is -2.13. The molecular formula is C17H20ClNO. The summed E-state index contributed by atoms with van der Waals surface area (Å²) >= 11 is 6.07. The third kappa shape index (κ3) is 2.57. The first-order valence-corrected chi connectivity index (χ1v) is 7.66. The number of fused-ring (bicyclic) bond motifs is 1. The van der Waals surface area contributed by atoms with E-state index in [1.807, 2.05) is 12.1 Å². The van der Waals surface area contributed by atoms with Crippen molar-refractivity contribution in [2.24, 2.45) is 0 Å². The van der Waals surface area contributed by atoms with Gasteiger partial charge in [-0.1, -0.05) is 17.7 Å². The molecule has 0 atom stereocenters. The number of phenols is 1. The fourth-order valence-corrected chi connectivity index (χ4v) is 3.24. The molecule has 2 aliphatic rings. The molecule has 1 aromatic rings. The Labute approximate surface area is 125 Å². The number of nitrogens with zero attached hydrogens (tertiary/aromatic N) is 1. The van der Waals surface area contributed by atoms with Crippen molar-refractivity contribution >= 4 is 17.2 Å². The molecule has 0 amide bonds. The van der Waals surface area contributed by atoms with Crippen LogP contribution in [-0.4, -0.2) is 23.6 Å². The van der Waals surface area contributed by atoms with Crippen LogP contribution in [0.25, 0.3) is 5.57 Å². The van der Waals surface area contributed by atoms with Crippen LogP contribution in [0.3, 0.4) is 0 Å². The van der Waals surface area contributed by atoms with Crippen molar-refractivity contribution in [3.05, 3.63) is 46.1 Å². The van der Waals surface area contributed by atoms with Crippen LogP contribution in [0.4, 0.5) is 0 Å². The van der Waals surface area contributed by atoms with Crippen LogP contribution in [0.2, 0.25) is 5.02 Å². The largest absolute Gasteiger partial charge is 0.506 e. The SMILES string of the molecule is CN1C=C(C2=CCCCC2)c2cc(O)c(Cl)cc2CC1. The van der Waals surface area contributed by atoms with Gasteiger partial charge in [-0.25, -0.2) is 0 Å². The summed E-state index contributed by atoms with van der Waals surface area (Å²) in [6.07, 6.45) is 10.3. The van der Waals surface area contributed by atoms with Crippen molar-refractivity contribution in [1.29, 1.82) is 0 Å². The third-order valence-electron chi connectivity index (χ3n) is 4.18. The molecule has 20 heavy (non-hydrogen) atoms. The average Bonchev–Trinajstić information content (AvgIpc) is 2.61. The molecule has 1 aromatic carbocycles. The number of hydrogen-bond acceptors (Lipinski definition) is 2. The smallest absolute Gasteiger partial charge is 0.134 e. The number of allylic oxidation sites excluding steroid dienone is 3. The summed E-state index contributed by atoms with van der Waals surface area (Å²) < 4.78 is 0. The van der Waals surface area contributed by atoms with Crippen LogP contribution in [0.15, 0.2) is 30.0 Å². The van der Waals surface area contributed by atoms with E-state index in [9.17, 15) is 5.11 Å². The van der Waals surface area contributed by atoms with Crippen molar-refractivity contribution < 1.29 is 5.11 Å². The molecule has 0 bridgehead atoms. The summed E-state index contributed by atoms with van der Waals surface area (Å²) in [7, 11) is 2.11. The van der Waals surface area contributed by atoms with Gasteiger partial charge < -0.3 is 10.0 Å². The van der Waals surface area contributed by atoms with E-state index < -0.39 is 0 Å². The van der Waals surface area contributed by atoms with Crippen molar-refractivity contribution in [2.45, 2.75) is 32.1 Å². The summed E-state index contributed by atoms with van der Waals surface area (Å²) in [4.78, 5) is 2.23. The van der Waals surface area contributed by atoms with Gasteiger partial charge in [0.2, 0.25) is 0 Å². The highest BCUT2D eigenvalue weighted by molar-refractivity contribution is 6.32. The fourth-order valence-electron chi connectivity index (χ4n) is 3.05. The molecule has 1 aliphatic carbocycles. The van der Waals surface area contributed by atoms with Crippen molar-refractivity contribution in [1.82, 2.24) is 4.90 Å². The van der Waals surface area contributed by atoms with E-state index in [1.165, 1.54) is 29.6 Å². The van der Waals surface area contributed by atoms with Gasteiger partial charge in [-0.2, -0.15) is 0 Å². The van der Waals surface area contributed by atoms with Gasteiger partial charge in [0.05, 0.1) is 5.02 Å². The minimum atomic E-state index is 0.178. The Balaban J connectivity index is 2.12. The van der Waals surface area contributed by atoms with E-state index in [0.717, 1.165) is 31.4 Å². The van der Waals surface area contributed by atoms with Crippen molar-refractivity contribution in [3.63, 3.8) is 0 Å². The predicted molar refractivity (Wildman–Crippen MR) is 84.0 cm³/mol. The molecule has 0 fully saturated rings. The number of aromatic hydroxyl groups is 1. The molecule has 1 aliphatic heterocycles. The second-order valence-corrected chi connectivity index (χ2v) is 6.12. The van der Waals surface area contributed by atoms with Gasteiger partial charge in [0.1, 0.15) is 5.75 Å². The first kappa shape index (κ1) is 13.6. The van der Waals surface area contributed by atoms with Crippen LogP contribution >= 0.6 is 11.6 Å². The van der Waals surface area contributed by atoms with Crippen LogP contribution in [0.5, 0.6) is 5.75 Å². The molecule has 3 rings (SSSR count). The Morgan fingerprint density at radius 2 is 2.05 bits per heavy atom. The highest BCUT2D eigenvalue weighted by Crippen LogP contribution is 2.38. The Morgan fingerprint density at radius 1 is 1.20 bits per heavy atom. The molecule has 0 saturated heterocycles. The topological polar surface area (TPSA) is 23.5 Å². The summed E-state index contributed by atoms with van der Waals surface area (Å²) in [5.41, 5.74) is 5.04. The summed E-state index contributed by atoms with van der Waals surface area (Å²) in [6.45, 7) is 0.977. The Bertz CT molecular complexity index is 589. The maximum absolute atomic E-state index is 9.96. The second kappa shape index (κ2) is 5.53. The van der Waals surface area contributed by atoms with E-state index in [4.69, 9.17) is 11.6 Å². The first-order valence-electron chi connectivity index (χ1n) is 7.28. The monoisotopic (exact) mass is 289 g/mol. The minimum Gasteiger partial charge on any atom is -0.506 e. The number of halogens is 1. The zero-order valence-corrected chi connectivity index (χ0v) is 12.6. The quantitative estimate of drug-likeness (QED) is 0.829. The van der Waals surface area contributed by atoms with E-state index in [-0.39, 0.29) is 5.75 Å². The Kier molecular flexibility index (Phi) is 3.75. The molecule has 0 radical (unpaired) electrons. The van der Waals surface area contributed by atoms with Crippen LogP contribution in [0.1, 0.15) is 36.8 Å². The van der Waals surface area contributed by atoms with Gasteiger partial charge in [0, 0.05) is 25.4 Å². The van der Waals surface area contributed by atoms with Crippen molar-refractivity contribution in [3.8, 4) is 5.75 Å². The summed E-state index contributed by atoms with van der Waals surface area (Å²) in [5, 5.41) is 10.4.